The van der Waals surface area contributed by atoms with Crippen LogP contribution >= 0.6 is 0 Å². The molecule has 0 spiro atoms. The van der Waals surface area contributed by atoms with E-state index in [2.05, 4.69) is 28.7 Å². The molecule has 1 aliphatic heterocycles. The van der Waals surface area contributed by atoms with E-state index >= 15 is 0 Å². The molecule has 2 rings (SSSR count). The van der Waals surface area contributed by atoms with Crippen molar-refractivity contribution in [3.8, 4) is 0 Å². The summed E-state index contributed by atoms with van der Waals surface area (Å²) in [6.07, 6.45) is 3.49. The van der Waals surface area contributed by atoms with Gasteiger partial charge in [0, 0.05) is 25.7 Å². The number of ether oxygens (including phenoxy) is 1. The Hall–Kier alpha value is -1.77. The first-order valence-corrected chi connectivity index (χ1v) is 8.40. The van der Waals surface area contributed by atoms with Crippen LogP contribution in [0.5, 0.6) is 0 Å². The second-order valence-electron chi connectivity index (χ2n) is 5.87. The molecule has 0 radical (unpaired) electrons. The van der Waals surface area contributed by atoms with E-state index in [4.69, 9.17) is 9.84 Å². The molecule has 1 aliphatic rings. The van der Waals surface area contributed by atoms with Crippen molar-refractivity contribution in [2.75, 3.05) is 19.7 Å². The molecule has 0 aliphatic carbocycles. The molecule has 3 atom stereocenters. The van der Waals surface area contributed by atoms with Crippen molar-refractivity contribution in [1.29, 1.82) is 0 Å². The molecule has 0 amide bonds. The monoisotopic (exact) mass is 338 g/mol. The number of hydrogen-bond acceptors (Lipinski definition) is 6. The predicted octanol–water partition coefficient (Wildman–Crippen LogP) is 0.666. The second kappa shape index (κ2) is 8.91. The summed E-state index contributed by atoms with van der Waals surface area (Å²) in [6, 6.07) is 1.63. The van der Waals surface area contributed by atoms with E-state index in [9.17, 15) is 9.90 Å². The Morgan fingerprint density at radius 2 is 2.17 bits per heavy atom. The third-order valence-electron chi connectivity index (χ3n) is 3.88. The first kappa shape index (κ1) is 18.6. The fourth-order valence-corrected chi connectivity index (χ4v) is 2.69. The minimum atomic E-state index is -0.791. The highest BCUT2D eigenvalue weighted by Crippen LogP contribution is 2.27. The molecule has 24 heavy (non-hydrogen) atoms. The van der Waals surface area contributed by atoms with E-state index in [0.29, 0.717) is 5.82 Å². The number of aliphatic hydroxyl groups is 2. The van der Waals surface area contributed by atoms with Crippen molar-refractivity contribution in [3.63, 3.8) is 0 Å². The predicted molar refractivity (Wildman–Crippen MR) is 90.4 cm³/mol. The van der Waals surface area contributed by atoms with Gasteiger partial charge in [0.05, 0.1) is 19.0 Å². The Bertz CT molecular complexity index is 598. The molecule has 1 saturated heterocycles. The molecule has 0 aromatic carbocycles. The van der Waals surface area contributed by atoms with Crippen LogP contribution in [-0.2, 0) is 4.74 Å². The Balaban J connectivity index is 2.08. The number of aliphatic imine (C=N–C) groups is 1. The van der Waals surface area contributed by atoms with Gasteiger partial charge in [-0.25, -0.2) is 9.79 Å². The Morgan fingerprint density at radius 3 is 2.71 bits per heavy atom. The summed E-state index contributed by atoms with van der Waals surface area (Å²) >= 11 is 0. The van der Waals surface area contributed by atoms with E-state index < -0.39 is 24.1 Å². The topological polar surface area (TPSA) is 100 Å². The maximum absolute atomic E-state index is 12.2. The zero-order chi connectivity index (χ0) is 17.5. The van der Waals surface area contributed by atoms with E-state index in [1.165, 1.54) is 4.57 Å². The van der Waals surface area contributed by atoms with Crippen molar-refractivity contribution in [1.82, 2.24) is 14.5 Å². The van der Waals surface area contributed by atoms with Crippen molar-refractivity contribution in [2.24, 2.45) is 4.99 Å². The lowest BCUT2D eigenvalue weighted by molar-refractivity contribution is -0.0458. The summed E-state index contributed by atoms with van der Waals surface area (Å²) in [7, 11) is 0. The zero-order valence-electron chi connectivity index (χ0n) is 14.2. The fraction of sp³-hybridized carbons (Fsp3) is 0.688. The highest BCUT2D eigenvalue weighted by molar-refractivity contribution is 5.59. The van der Waals surface area contributed by atoms with E-state index in [0.717, 1.165) is 25.9 Å². The lowest BCUT2D eigenvalue weighted by Gasteiger charge is -2.17. The van der Waals surface area contributed by atoms with Gasteiger partial charge in [-0.15, -0.1) is 0 Å². The third kappa shape index (κ3) is 4.62. The van der Waals surface area contributed by atoms with Crippen LogP contribution in [-0.4, -0.2) is 62.9 Å². The number of nitrogens with zero attached hydrogens (tertiary/aromatic N) is 4. The third-order valence-corrected chi connectivity index (χ3v) is 3.88. The normalized spacial score (nSPS) is 23.9. The van der Waals surface area contributed by atoms with Gasteiger partial charge >= 0.3 is 5.69 Å². The lowest BCUT2D eigenvalue weighted by atomic mass is 10.2. The molecule has 3 unspecified atom stereocenters. The highest BCUT2D eigenvalue weighted by Gasteiger charge is 2.34. The average Bonchev–Trinajstić information content (AvgIpc) is 2.93. The van der Waals surface area contributed by atoms with Crippen LogP contribution in [0.15, 0.2) is 22.1 Å². The Kier molecular flexibility index (Phi) is 6.89. The first-order chi connectivity index (χ1) is 11.6. The molecule has 1 fully saturated rings. The van der Waals surface area contributed by atoms with Crippen molar-refractivity contribution in [2.45, 2.75) is 51.5 Å². The molecule has 1 aromatic heterocycles. The first-order valence-electron chi connectivity index (χ1n) is 8.40. The molecular weight excluding hydrogens is 312 g/mol. The summed E-state index contributed by atoms with van der Waals surface area (Å²) in [6.45, 7) is 5.74. The van der Waals surface area contributed by atoms with Gasteiger partial charge in [0.15, 0.2) is 5.82 Å². The molecule has 2 heterocycles. The number of rotatable bonds is 8. The molecule has 8 heteroatoms. The standard InChI is InChI=1S/C16H26N4O4/c1-3-6-19(7-4-2)11-17-14-5-8-20(16(23)18-14)15-9-12(22)13(10-21)24-15/h5,8,11-13,15,21-22H,3-4,6-7,9-10H2,1-2H3. The SMILES string of the molecule is CCCN(C=Nc1ccn(C2CC(O)C(CO)O2)c(=O)n1)CCC. The zero-order valence-corrected chi connectivity index (χ0v) is 14.2. The van der Waals surface area contributed by atoms with Crippen LogP contribution in [0.1, 0.15) is 39.3 Å². The summed E-state index contributed by atoms with van der Waals surface area (Å²) in [4.78, 5) is 22.5. The summed E-state index contributed by atoms with van der Waals surface area (Å²) in [5.74, 6) is 0.339. The molecule has 8 nitrogen and oxygen atoms in total. The second-order valence-corrected chi connectivity index (χ2v) is 5.87. The largest absolute Gasteiger partial charge is 0.394 e. The van der Waals surface area contributed by atoms with Gasteiger partial charge in [-0.3, -0.25) is 4.57 Å². The van der Waals surface area contributed by atoms with E-state index in [-0.39, 0.29) is 13.0 Å². The lowest BCUT2D eigenvalue weighted by Crippen LogP contribution is -2.27. The van der Waals surface area contributed by atoms with Crippen LogP contribution in [0.25, 0.3) is 0 Å². The van der Waals surface area contributed by atoms with Crippen LogP contribution in [0.3, 0.4) is 0 Å². The summed E-state index contributed by atoms with van der Waals surface area (Å²) in [5.41, 5.74) is -0.488. The van der Waals surface area contributed by atoms with E-state index in [1.54, 1.807) is 18.6 Å². The van der Waals surface area contributed by atoms with Gasteiger partial charge in [-0.1, -0.05) is 13.8 Å². The van der Waals surface area contributed by atoms with E-state index in [1.807, 2.05) is 0 Å². The molecular formula is C16H26N4O4. The van der Waals surface area contributed by atoms with Crippen molar-refractivity contribution >= 4 is 12.2 Å². The average molecular weight is 338 g/mol. The fourth-order valence-electron chi connectivity index (χ4n) is 2.69. The Morgan fingerprint density at radius 1 is 1.46 bits per heavy atom. The number of aliphatic hydroxyl groups excluding tert-OH is 2. The Labute approximate surface area is 141 Å². The van der Waals surface area contributed by atoms with Crippen LogP contribution < -0.4 is 5.69 Å². The summed E-state index contributed by atoms with van der Waals surface area (Å²) in [5, 5.41) is 18.9. The molecule has 1 aromatic rings. The maximum atomic E-state index is 12.2. The highest BCUT2D eigenvalue weighted by atomic mass is 16.5. The quantitative estimate of drug-likeness (QED) is 0.534. The van der Waals surface area contributed by atoms with Gasteiger partial charge in [0.25, 0.3) is 0 Å². The van der Waals surface area contributed by atoms with Gasteiger partial charge in [0.2, 0.25) is 0 Å². The molecule has 0 saturated carbocycles. The van der Waals surface area contributed by atoms with Crippen LogP contribution in [0.4, 0.5) is 5.82 Å². The molecule has 134 valence electrons. The molecule has 2 N–H and O–H groups in total. The van der Waals surface area contributed by atoms with Crippen LogP contribution in [0.2, 0.25) is 0 Å². The number of hydrogen-bond donors (Lipinski definition) is 2. The van der Waals surface area contributed by atoms with Crippen LogP contribution in [0, 0.1) is 0 Å². The number of aromatic nitrogens is 2. The van der Waals surface area contributed by atoms with Gasteiger partial charge in [-0.05, 0) is 18.9 Å². The van der Waals surface area contributed by atoms with Gasteiger partial charge in [0.1, 0.15) is 12.3 Å². The maximum Gasteiger partial charge on any atom is 0.351 e. The van der Waals surface area contributed by atoms with Gasteiger partial charge < -0.3 is 19.8 Å². The van der Waals surface area contributed by atoms with Crippen molar-refractivity contribution < 1.29 is 14.9 Å². The minimum Gasteiger partial charge on any atom is -0.394 e. The van der Waals surface area contributed by atoms with Crippen molar-refractivity contribution in [3.05, 3.63) is 22.7 Å². The van der Waals surface area contributed by atoms with Gasteiger partial charge in [-0.2, -0.15) is 4.98 Å². The molecule has 0 bridgehead atoms. The minimum absolute atomic E-state index is 0.246. The summed E-state index contributed by atoms with van der Waals surface area (Å²) < 4.78 is 6.78. The smallest absolute Gasteiger partial charge is 0.351 e.